The van der Waals surface area contributed by atoms with Crippen molar-refractivity contribution < 1.29 is 4.79 Å². The van der Waals surface area contributed by atoms with E-state index >= 15 is 0 Å². The number of nitrogens with one attached hydrogen (secondary N) is 1. The number of aryl methyl sites for hydroxylation is 3. The highest BCUT2D eigenvalue weighted by Gasteiger charge is 2.17. The molecule has 6 heteroatoms. The monoisotopic (exact) mass is 261 g/mol. The van der Waals surface area contributed by atoms with E-state index in [-0.39, 0.29) is 5.91 Å². The summed E-state index contributed by atoms with van der Waals surface area (Å²) in [6.45, 7) is 7.03. The van der Waals surface area contributed by atoms with Gasteiger partial charge in [-0.05, 0) is 20.8 Å². The standard InChI is InChI=1S/C13H19N5O/c1-5-18-10(3)12(9(2)16-18)13(19)14-6-11-7-15-17(4)8-11/h7-8H,5-6H2,1-4H3,(H,14,19). The molecule has 0 fully saturated rings. The lowest BCUT2D eigenvalue weighted by atomic mass is 10.2. The Morgan fingerprint density at radius 2 is 2.16 bits per heavy atom. The van der Waals surface area contributed by atoms with Crippen LogP contribution in [0.3, 0.4) is 0 Å². The van der Waals surface area contributed by atoms with Crippen molar-refractivity contribution in [2.45, 2.75) is 33.9 Å². The molecular formula is C13H19N5O. The lowest BCUT2D eigenvalue weighted by Crippen LogP contribution is -2.23. The first-order valence-corrected chi connectivity index (χ1v) is 6.32. The molecule has 0 aromatic carbocycles. The average molecular weight is 261 g/mol. The second-order valence-corrected chi connectivity index (χ2v) is 4.57. The molecule has 1 N–H and O–H groups in total. The van der Waals surface area contributed by atoms with E-state index in [4.69, 9.17) is 0 Å². The lowest BCUT2D eigenvalue weighted by Gasteiger charge is -2.04. The predicted molar refractivity (Wildman–Crippen MR) is 71.8 cm³/mol. The Morgan fingerprint density at radius 3 is 2.68 bits per heavy atom. The van der Waals surface area contributed by atoms with Gasteiger partial charge >= 0.3 is 0 Å². The van der Waals surface area contributed by atoms with Gasteiger partial charge in [-0.2, -0.15) is 10.2 Å². The minimum absolute atomic E-state index is 0.0847. The Bertz CT molecular complexity index is 596. The molecular weight excluding hydrogens is 242 g/mol. The summed E-state index contributed by atoms with van der Waals surface area (Å²) < 4.78 is 3.56. The number of aromatic nitrogens is 4. The Labute approximate surface area is 112 Å². The van der Waals surface area contributed by atoms with Crippen LogP contribution in [0.5, 0.6) is 0 Å². The Kier molecular flexibility index (Phi) is 3.69. The smallest absolute Gasteiger partial charge is 0.255 e. The van der Waals surface area contributed by atoms with Crippen LogP contribution in [0.1, 0.15) is 34.2 Å². The summed E-state index contributed by atoms with van der Waals surface area (Å²) in [7, 11) is 1.85. The van der Waals surface area contributed by atoms with Gasteiger partial charge in [0.1, 0.15) is 0 Å². The Balaban J connectivity index is 2.10. The molecule has 0 saturated heterocycles. The van der Waals surface area contributed by atoms with Crippen LogP contribution < -0.4 is 5.32 Å². The van der Waals surface area contributed by atoms with Crippen molar-refractivity contribution in [1.82, 2.24) is 24.9 Å². The van der Waals surface area contributed by atoms with Crippen molar-refractivity contribution in [3.63, 3.8) is 0 Å². The maximum atomic E-state index is 12.2. The van der Waals surface area contributed by atoms with Gasteiger partial charge in [-0.1, -0.05) is 0 Å². The quantitative estimate of drug-likeness (QED) is 0.899. The fraction of sp³-hybridized carbons (Fsp3) is 0.462. The zero-order valence-electron chi connectivity index (χ0n) is 11.8. The first-order chi connectivity index (χ1) is 9.02. The van der Waals surface area contributed by atoms with Crippen LogP contribution in [-0.4, -0.2) is 25.5 Å². The van der Waals surface area contributed by atoms with Gasteiger partial charge in [0.05, 0.1) is 17.5 Å². The minimum Gasteiger partial charge on any atom is -0.348 e. The lowest BCUT2D eigenvalue weighted by molar-refractivity contribution is 0.0949. The summed E-state index contributed by atoms with van der Waals surface area (Å²) in [6, 6.07) is 0. The normalized spacial score (nSPS) is 10.7. The van der Waals surface area contributed by atoms with Crippen molar-refractivity contribution in [3.05, 3.63) is 34.9 Å². The predicted octanol–water partition coefficient (Wildman–Crippen LogP) is 1.18. The molecule has 2 heterocycles. The molecule has 2 aromatic heterocycles. The third-order valence-electron chi connectivity index (χ3n) is 3.12. The van der Waals surface area contributed by atoms with E-state index in [9.17, 15) is 4.79 Å². The van der Waals surface area contributed by atoms with Crippen molar-refractivity contribution in [1.29, 1.82) is 0 Å². The molecule has 0 radical (unpaired) electrons. The molecule has 0 aliphatic carbocycles. The van der Waals surface area contributed by atoms with Gasteiger partial charge in [0.2, 0.25) is 0 Å². The Morgan fingerprint density at radius 1 is 1.42 bits per heavy atom. The number of carbonyl (C=O) groups is 1. The van der Waals surface area contributed by atoms with E-state index in [0.29, 0.717) is 12.1 Å². The summed E-state index contributed by atoms with van der Waals surface area (Å²) in [5.41, 5.74) is 3.33. The van der Waals surface area contributed by atoms with E-state index in [0.717, 1.165) is 23.5 Å². The van der Waals surface area contributed by atoms with Crippen LogP contribution in [0.4, 0.5) is 0 Å². The van der Waals surface area contributed by atoms with Crippen molar-refractivity contribution in [2.24, 2.45) is 7.05 Å². The number of hydrogen-bond acceptors (Lipinski definition) is 3. The van der Waals surface area contributed by atoms with Crippen LogP contribution in [0.15, 0.2) is 12.4 Å². The highest BCUT2D eigenvalue weighted by molar-refractivity contribution is 5.96. The van der Waals surface area contributed by atoms with Crippen LogP contribution in [-0.2, 0) is 20.1 Å². The molecule has 0 aliphatic heterocycles. The minimum atomic E-state index is -0.0847. The van der Waals surface area contributed by atoms with Crippen molar-refractivity contribution >= 4 is 5.91 Å². The molecule has 0 aliphatic rings. The fourth-order valence-electron chi connectivity index (χ4n) is 2.17. The SMILES string of the molecule is CCn1nc(C)c(C(=O)NCc2cnn(C)c2)c1C. The van der Waals surface area contributed by atoms with Crippen LogP contribution >= 0.6 is 0 Å². The molecule has 0 spiro atoms. The zero-order chi connectivity index (χ0) is 14.0. The summed E-state index contributed by atoms with van der Waals surface area (Å²) in [6.07, 6.45) is 3.63. The molecule has 0 bridgehead atoms. The Hall–Kier alpha value is -2.11. The maximum Gasteiger partial charge on any atom is 0.255 e. The first-order valence-electron chi connectivity index (χ1n) is 6.32. The number of carbonyl (C=O) groups excluding carboxylic acids is 1. The van der Waals surface area contributed by atoms with Gasteiger partial charge < -0.3 is 5.32 Å². The topological polar surface area (TPSA) is 64.7 Å². The summed E-state index contributed by atoms with van der Waals surface area (Å²) in [4.78, 5) is 12.2. The second kappa shape index (κ2) is 5.26. The maximum absolute atomic E-state index is 12.2. The third-order valence-corrected chi connectivity index (χ3v) is 3.12. The van der Waals surface area contributed by atoms with Gasteiger partial charge in [0, 0.05) is 37.6 Å². The van der Waals surface area contributed by atoms with Crippen LogP contribution in [0.2, 0.25) is 0 Å². The largest absolute Gasteiger partial charge is 0.348 e. The molecule has 2 rings (SSSR count). The average Bonchev–Trinajstić information content (AvgIpc) is 2.90. The highest BCUT2D eigenvalue weighted by atomic mass is 16.1. The van der Waals surface area contributed by atoms with Gasteiger partial charge in [-0.25, -0.2) is 0 Å². The van der Waals surface area contributed by atoms with E-state index in [1.54, 1.807) is 10.9 Å². The van der Waals surface area contributed by atoms with E-state index < -0.39 is 0 Å². The molecule has 19 heavy (non-hydrogen) atoms. The van der Waals surface area contributed by atoms with Crippen molar-refractivity contribution in [2.75, 3.05) is 0 Å². The molecule has 0 unspecified atom stereocenters. The number of nitrogens with zero attached hydrogens (tertiary/aromatic N) is 4. The van der Waals surface area contributed by atoms with Gasteiger partial charge in [0.15, 0.2) is 0 Å². The zero-order valence-corrected chi connectivity index (χ0v) is 11.8. The summed E-state index contributed by atoms with van der Waals surface area (Å²) in [5.74, 6) is -0.0847. The number of amides is 1. The van der Waals surface area contributed by atoms with Crippen molar-refractivity contribution in [3.8, 4) is 0 Å². The van der Waals surface area contributed by atoms with E-state index in [2.05, 4.69) is 15.5 Å². The van der Waals surface area contributed by atoms with Gasteiger partial charge in [0.25, 0.3) is 5.91 Å². The summed E-state index contributed by atoms with van der Waals surface area (Å²) in [5, 5.41) is 11.3. The first kappa shape index (κ1) is 13.3. The molecule has 0 atom stereocenters. The fourth-order valence-corrected chi connectivity index (χ4v) is 2.17. The molecule has 0 saturated carbocycles. The second-order valence-electron chi connectivity index (χ2n) is 4.57. The highest BCUT2D eigenvalue weighted by Crippen LogP contribution is 2.13. The molecule has 6 nitrogen and oxygen atoms in total. The number of hydrogen-bond donors (Lipinski definition) is 1. The van der Waals surface area contributed by atoms with E-state index in [1.165, 1.54) is 0 Å². The molecule has 1 amide bonds. The molecule has 102 valence electrons. The summed E-state index contributed by atoms with van der Waals surface area (Å²) >= 11 is 0. The van der Waals surface area contributed by atoms with E-state index in [1.807, 2.05) is 38.7 Å². The van der Waals surface area contributed by atoms with Crippen LogP contribution in [0, 0.1) is 13.8 Å². The van der Waals surface area contributed by atoms with Crippen LogP contribution in [0.25, 0.3) is 0 Å². The molecule has 2 aromatic rings. The van der Waals surface area contributed by atoms with Gasteiger partial charge in [-0.3, -0.25) is 14.2 Å². The number of rotatable bonds is 4. The van der Waals surface area contributed by atoms with Gasteiger partial charge in [-0.15, -0.1) is 0 Å². The third kappa shape index (κ3) is 2.67.